The van der Waals surface area contributed by atoms with Crippen LogP contribution < -0.4 is 0 Å². The molecule has 4 heteroatoms. The van der Waals surface area contributed by atoms with Crippen molar-refractivity contribution in [3.05, 3.63) is 24.0 Å². The van der Waals surface area contributed by atoms with Crippen molar-refractivity contribution in [2.24, 2.45) is 5.41 Å². The SMILES string of the molecule is CN(C(=O)c1cncc(O)c1)C1CCC(C)(C)CC1. The zero-order valence-corrected chi connectivity index (χ0v) is 11.9. The minimum atomic E-state index is -0.0619. The maximum Gasteiger partial charge on any atom is 0.255 e. The van der Waals surface area contributed by atoms with Crippen LogP contribution in [0.5, 0.6) is 5.75 Å². The summed E-state index contributed by atoms with van der Waals surface area (Å²) in [5, 5.41) is 9.39. The summed E-state index contributed by atoms with van der Waals surface area (Å²) in [6.07, 6.45) is 7.22. The van der Waals surface area contributed by atoms with Crippen molar-refractivity contribution in [2.75, 3.05) is 7.05 Å². The highest BCUT2D eigenvalue weighted by Gasteiger charge is 2.30. The van der Waals surface area contributed by atoms with Gasteiger partial charge in [-0.05, 0) is 37.2 Å². The number of aromatic hydroxyl groups is 1. The summed E-state index contributed by atoms with van der Waals surface area (Å²) in [7, 11) is 1.84. The Labute approximate surface area is 114 Å². The molecule has 0 saturated heterocycles. The summed E-state index contributed by atoms with van der Waals surface area (Å²) < 4.78 is 0. The van der Waals surface area contributed by atoms with E-state index in [4.69, 9.17) is 0 Å². The number of rotatable bonds is 2. The molecule has 0 radical (unpaired) electrons. The molecular weight excluding hydrogens is 240 g/mol. The standard InChI is InChI=1S/C15H22N2O2/c1-15(2)6-4-12(5-7-15)17(3)14(19)11-8-13(18)10-16-9-11/h8-10,12,18H,4-7H2,1-3H3. The Kier molecular flexibility index (Phi) is 3.78. The number of aromatic nitrogens is 1. The molecule has 2 rings (SSSR count). The molecule has 0 bridgehead atoms. The first-order valence-corrected chi connectivity index (χ1v) is 6.80. The molecule has 0 unspecified atom stereocenters. The van der Waals surface area contributed by atoms with Crippen LogP contribution in [0.3, 0.4) is 0 Å². The Bertz CT molecular complexity index is 461. The van der Waals surface area contributed by atoms with Gasteiger partial charge in [-0.3, -0.25) is 9.78 Å². The predicted octanol–water partition coefficient (Wildman–Crippen LogP) is 2.83. The van der Waals surface area contributed by atoms with Crippen molar-refractivity contribution in [3.63, 3.8) is 0 Å². The van der Waals surface area contributed by atoms with Gasteiger partial charge >= 0.3 is 0 Å². The van der Waals surface area contributed by atoms with Crippen molar-refractivity contribution in [1.29, 1.82) is 0 Å². The van der Waals surface area contributed by atoms with Gasteiger partial charge in [0.2, 0.25) is 0 Å². The van der Waals surface area contributed by atoms with Crippen LogP contribution in [0, 0.1) is 5.41 Å². The monoisotopic (exact) mass is 262 g/mol. The van der Waals surface area contributed by atoms with Gasteiger partial charge in [-0.15, -0.1) is 0 Å². The van der Waals surface area contributed by atoms with E-state index in [-0.39, 0.29) is 11.7 Å². The molecule has 1 aromatic heterocycles. The fourth-order valence-electron chi connectivity index (χ4n) is 2.69. The first kappa shape index (κ1) is 13.8. The lowest BCUT2D eigenvalue weighted by molar-refractivity contribution is 0.0634. The lowest BCUT2D eigenvalue weighted by Crippen LogP contribution is -2.40. The van der Waals surface area contributed by atoms with Gasteiger partial charge in [0, 0.05) is 19.3 Å². The van der Waals surface area contributed by atoms with Crippen molar-refractivity contribution >= 4 is 5.91 Å². The zero-order valence-electron chi connectivity index (χ0n) is 11.9. The zero-order chi connectivity index (χ0) is 14.0. The molecule has 1 heterocycles. The second-order valence-electron chi connectivity index (χ2n) is 6.24. The number of amides is 1. The molecular formula is C15H22N2O2. The number of hydrogen-bond acceptors (Lipinski definition) is 3. The lowest BCUT2D eigenvalue weighted by atomic mass is 9.75. The van der Waals surface area contributed by atoms with Gasteiger partial charge in [0.25, 0.3) is 5.91 Å². The van der Waals surface area contributed by atoms with Gasteiger partial charge in [-0.25, -0.2) is 0 Å². The fourth-order valence-corrected chi connectivity index (χ4v) is 2.69. The first-order chi connectivity index (χ1) is 8.89. The lowest BCUT2D eigenvalue weighted by Gasteiger charge is -2.38. The van der Waals surface area contributed by atoms with Crippen LogP contribution in [0.4, 0.5) is 0 Å². The highest BCUT2D eigenvalue weighted by Crippen LogP contribution is 2.36. The smallest absolute Gasteiger partial charge is 0.255 e. The Balaban J connectivity index is 2.04. The second-order valence-corrected chi connectivity index (χ2v) is 6.24. The summed E-state index contributed by atoms with van der Waals surface area (Å²) in [5.74, 6) is -0.0304. The molecule has 1 saturated carbocycles. The highest BCUT2D eigenvalue weighted by molar-refractivity contribution is 5.94. The molecule has 0 aliphatic heterocycles. The third kappa shape index (κ3) is 3.25. The minimum absolute atomic E-state index is 0.0315. The van der Waals surface area contributed by atoms with Crippen LogP contribution >= 0.6 is 0 Å². The van der Waals surface area contributed by atoms with Crippen molar-refractivity contribution in [2.45, 2.75) is 45.6 Å². The molecule has 1 fully saturated rings. The molecule has 104 valence electrons. The van der Waals surface area contributed by atoms with Crippen LogP contribution in [0.1, 0.15) is 49.9 Å². The van der Waals surface area contributed by atoms with Gasteiger partial charge in [0.15, 0.2) is 0 Å². The van der Waals surface area contributed by atoms with Crippen LogP contribution in [0.25, 0.3) is 0 Å². The number of pyridine rings is 1. The average molecular weight is 262 g/mol. The molecule has 4 nitrogen and oxygen atoms in total. The summed E-state index contributed by atoms with van der Waals surface area (Å²) in [5.41, 5.74) is 0.847. The molecule has 1 aromatic rings. The Morgan fingerprint density at radius 1 is 1.37 bits per heavy atom. The highest BCUT2D eigenvalue weighted by atomic mass is 16.3. The topological polar surface area (TPSA) is 53.4 Å². The number of carbonyl (C=O) groups excluding carboxylic acids is 1. The largest absolute Gasteiger partial charge is 0.506 e. The minimum Gasteiger partial charge on any atom is -0.506 e. The van der Waals surface area contributed by atoms with Gasteiger partial charge in [-0.1, -0.05) is 13.8 Å². The summed E-state index contributed by atoms with van der Waals surface area (Å²) >= 11 is 0. The predicted molar refractivity (Wildman–Crippen MR) is 74.0 cm³/mol. The molecule has 1 N–H and O–H groups in total. The van der Waals surface area contributed by atoms with Crippen LogP contribution in [-0.4, -0.2) is 34.0 Å². The fraction of sp³-hybridized carbons (Fsp3) is 0.600. The molecule has 0 aromatic carbocycles. The molecule has 1 aliphatic rings. The van der Waals surface area contributed by atoms with E-state index in [0.717, 1.165) is 25.7 Å². The van der Waals surface area contributed by atoms with E-state index in [1.807, 2.05) is 7.05 Å². The van der Waals surface area contributed by atoms with E-state index in [1.54, 1.807) is 4.90 Å². The van der Waals surface area contributed by atoms with E-state index in [0.29, 0.717) is 17.0 Å². The summed E-state index contributed by atoms with van der Waals surface area (Å²) in [6.45, 7) is 4.56. The number of carbonyl (C=O) groups is 1. The van der Waals surface area contributed by atoms with Crippen LogP contribution in [0.15, 0.2) is 18.5 Å². The number of nitrogens with zero attached hydrogens (tertiary/aromatic N) is 2. The van der Waals surface area contributed by atoms with E-state index >= 15 is 0 Å². The summed E-state index contributed by atoms with van der Waals surface area (Å²) in [6, 6.07) is 1.77. The van der Waals surface area contributed by atoms with Crippen LogP contribution in [-0.2, 0) is 0 Å². The van der Waals surface area contributed by atoms with Crippen LogP contribution in [0.2, 0.25) is 0 Å². The molecule has 19 heavy (non-hydrogen) atoms. The van der Waals surface area contributed by atoms with E-state index in [1.165, 1.54) is 18.5 Å². The van der Waals surface area contributed by atoms with Gasteiger partial charge in [-0.2, -0.15) is 0 Å². The van der Waals surface area contributed by atoms with E-state index in [9.17, 15) is 9.90 Å². The van der Waals surface area contributed by atoms with Gasteiger partial charge < -0.3 is 10.0 Å². The van der Waals surface area contributed by atoms with E-state index < -0.39 is 0 Å². The maximum absolute atomic E-state index is 12.3. The normalized spacial score (nSPS) is 19.1. The maximum atomic E-state index is 12.3. The van der Waals surface area contributed by atoms with Crippen molar-refractivity contribution < 1.29 is 9.90 Å². The quantitative estimate of drug-likeness (QED) is 0.891. The average Bonchev–Trinajstić information content (AvgIpc) is 2.37. The Hall–Kier alpha value is -1.58. The summed E-state index contributed by atoms with van der Waals surface area (Å²) in [4.78, 5) is 18.0. The molecule has 0 atom stereocenters. The van der Waals surface area contributed by atoms with Gasteiger partial charge in [0.05, 0.1) is 11.8 Å². The third-order valence-electron chi connectivity index (χ3n) is 4.15. The van der Waals surface area contributed by atoms with Gasteiger partial charge in [0.1, 0.15) is 5.75 Å². The second kappa shape index (κ2) is 5.19. The third-order valence-corrected chi connectivity index (χ3v) is 4.15. The first-order valence-electron chi connectivity index (χ1n) is 6.80. The van der Waals surface area contributed by atoms with E-state index in [2.05, 4.69) is 18.8 Å². The molecule has 1 aliphatic carbocycles. The molecule has 0 spiro atoms. The number of hydrogen-bond donors (Lipinski definition) is 1. The Morgan fingerprint density at radius 3 is 2.58 bits per heavy atom. The van der Waals surface area contributed by atoms with Crippen molar-refractivity contribution in [3.8, 4) is 5.75 Å². The Morgan fingerprint density at radius 2 is 2.00 bits per heavy atom. The van der Waals surface area contributed by atoms with Crippen molar-refractivity contribution in [1.82, 2.24) is 9.88 Å². The molecule has 1 amide bonds.